The lowest BCUT2D eigenvalue weighted by Gasteiger charge is -2.24. The number of rotatable bonds is 4. The number of carbonyl (C=O) groups is 2. The van der Waals surface area contributed by atoms with Crippen molar-refractivity contribution < 1.29 is 9.59 Å². The smallest absolute Gasteiger partial charge is 0.228 e. The van der Waals surface area contributed by atoms with E-state index in [1.807, 2.05) is 15.8 Å². The van der Waals surface area contributed by atoms with E-state index in [0.717, 1.165) is 39.1 Å². The van der Waals surface area contributed by atoms with Crippen LogP contribution in [-0.2, 0) is 16.1 Å². The van der Waals surface area contributed by atoms with Crippen molar-refractivity contribution in [3.63, 3.8) is 0 Å². The topological polar surface area (TPSA) is 61.7 Å². The zero-order valence-electron chi connectivity index (χ0n) is 15.5. The van der Waals surface area contributed by atoms with Crippen LogP contribution in [0.4, 0.5) is 0 Å². The van der Waals surface area contributed by atoms with Gasteiger partial charge >= 0.3 is 0 Å². The molecule has 3 heterocycles. The molecule has 2 aliphatic heterocycles. The number of aromatic nitrogens is 2. The summed E-state index contributed by atoms with van der Waals surface area (Å²) < 4.78 is 1.98. The van der Waals surface area contributed by atoms with Crippen LogP contribution < -0.4 is 0 Å². The Bertz CT molecular complexity index is 627. The first kappa shape index (κ1) is 17.9. The second-order valence-electron chi connectivity index (χ2n) is 7.55. The van der Waals surface area contributed by atoms with E-state index >= 15 is 0 Å². The van der Waals surface area contributed by atoms with Crippen molar-refractivity contribution in [1.29, 1.82) is 0 Å². The minimum Gasteiger partial charge on any atom is -0.345 e. The maximum atomic E-state index is 12.7. The molecular formula is C18H29N5O2. The zero-order chi connectivity index (χ0) is 18.0. The molecular weight excluding hydrogens is 318 g/mol. The summed E-state index contributed by atoms with van der Waals surface area (Å²) in [5, 5.41) is 4.40. The molecule has 2 fully saturated rings. The van der Waals surface area contributed by atoms with Crippen LogP contribution in [0.1, 0.15) is 38.3 Å². The van der Waals surface area contributed by atoms with Crippen LogP contribution in [0, 0.1) is 5.92 Å². The lowest BCUT2D eigenvalue weighted by atomic mass is 10.1. The molecule has 1 atom stereocenters. The van der Waals surface area contributed by atoms with Crippen LogP contribution in [-0.4, -0.2) is 76.1 Å². The summed E-state index contributed by atoms with van der Waals surface area (Å²) in [5.74, 6) is 0.0671. The fourth-order valence-electron chi connectivity index (χ4n) is 3.64. The molecule has 0 bridgehead atoms. The molecule has 2 saturated heterocycles. The standard InChI is InChI=1S/C18H29N5O2/c1-14(2)23-12-15(10-19-23)11-21-5-4-6-22(8-7-21)18(25)16-9-17(24)20(3)13-16/h10,12,14,16H,4-9,11,13H2,1-3H3/t16-/m1/s1. The van der Waals surface area contributed by atoms with Crippen LogP contribution in [0.2, 0.25) is 0 Å². The molecule has 0 aliphatic carbocycles. The number of nitrogens with zero attached hydrogens (tertiary/aromatic N) is 5. The highest BCUT2D eigenvalue weighted by Gasteiger charge is 2.35. The highest BCUT2D eigenvalue weighted by molar-refractivity contribution is 5.89. The Labute approximate surface area is 149 Å². The van der Waals surface area contributed by atoms with Gasteiger partial charge in [-0.25, -0.2) is 0 Å². The number of amides is 2. The van der Waals surface area contributed by atoms with E-state index in [1.165, 1.54) is 5.56 Å². The summed E-state index contributed by atoms with van der Waals surface area (Å²) in [5.41, 5.74) is 1.22. The van der Waals surface area contributed by atoms with Gasteiger partial charge in [0.25, 0.3) is 0 Å². The first-order chi connectivity index (χ1) is 11.9. The molecule has 1 aromatic heterocycles. The van der Waals surface area contributed by atoms with Gasteiger partial charge in [-0.05, 0) is 20.3 Å². The number of hydrogen-bond donors (Lipinski definition) is 0. The van der Waals surface area contributed by atoms with Gasteiger partial charge < -0.3 is 9.80 Å². The zero-order valence-corrected chi connectivity index (χ0v) is 15.5. The van der Waals surface area contributed by atoms with Gasteiger partial charge in [-0.2, -0.15) is 5.10 Å². The molecule has 7 nitrogen and oxygen atoms in total. The van der Waals surface area contributed by atoms with Gasteiger partial charge in [0.15, 0.2) is 0 Å². The Balaban J connectivity index is 1.53. The Hall–Kier alpha value is -1.89. The van der Waals surface area contributed by atoms with Gasteiger partial charge in [-0.1, -0.05) is 0 Å². The summed E-state index contributed by atoms with van der Waals surface area (Å²) in [4.78, 5) is 30.4. The number of carbonyl (C=O) groups excluding carboxylic acids is 2. The Morgan fingerprint density at radius 1 is 1.28 bits per heavy atom. The summed E-state index contributed by atoms with van der Waals surface area (Å²) in [7, 11) is 1.77. The van der Waals surface area contributed by atoms with Crippen LogP contribution >= 0.6 is 0 Å². The van der Waals surface area contributed by atoms with Crippen LogP contribution in [0.5, 0.6) is 0 Å². The van der Waals surface area contributed by atoms with Gasteiger partial charge in [0, 0.05) is 70.5 Å². The SMILES string of the molecule is CC(C)n1cc(CN2CCCN(C(=O)[C@@H]3CC(=O)N(C)C3)CC2)cn1. The minimum absolute atomic E-state index is 0.0805. The van der Waals surface area contributed by atoms with Gasteiger partial charge in [0.2, 0.25) is 11.8 Å². The lowest BCUT2D eigenvalue weighted by molar-refractivity contribution is -0.135. The fraction of sp³-hybridized carbons (Fsp3) is 0.722. The molecule has 3 rings (SSSR count). The van der Waals surface area contributed by atoms with Crippen molar-refractivity contribution in [3.8, 4) is 0 Å². The molecule has 0 radical (unpaired) electrons. The predicted molar refractivity (Wildman–Crippen MR) is 94.8 cm³/mol. The molecule has 0 N–H and O–H groups in total. The highest BCUT2D eigenvalue weighted by Crippen LogP contribution is 2.20. The second-order valence-corrected chi connectivity index (χ2v) is 7.55. The van der Waals surface area contributed by atoms with Crippen molar-refractivity contribution in [2.45, 2.75) is 39.3 Å². The fourth-order valence-corrected chi connectivity index (χ4v) is 3.64. The van der Waals surface area contributed by atoms with Gasteiger partial charge in [-0.3, -0.25) is 19.2 Å². The number of likely N-dealkylation sites (tertiary alicyclic amines) is 1. The molecule has 7 heteroatoms. The van der Waals surface area contributed by atoms with Crippen LogP contribution in [0.15, 0.2) is 12.4 Å². The Kier molecular flexibility index (Phi) is 5.42. The van der Waals surface area contributed by atoms with E-state index in [2.05, 4.69) is 30.0 Å². The number of hydrogen-bond acceptors (Lipinski definition) is 4. The Morgan fingerprint density at radius 2 is 2.08 bits per heavy atom. The molecule has 138 valence electrons. The first-order valence-electron chi connectivity index (χ1n) is 9.22. The largest absolute Gasteiger partial charge is 0.345 e. The van der Waals surface area contributed by atoms with Gasteiger partial charge in [-0.15, -0.1) is 0 Å². The molecule has 0 unspecified atom stereocenters. The third kappa shape index (κ3) is 4.21. The van der Waals surface area contributed by atoms with Crippen molar-refractivity contribution in [3.05, 3.63) is 18.0 Å². The molecule has 0 spiro atoms. The highest BCUT2D eigenvalue weighted by atomic mass is 16.2. The maximum Gasteiger partial charge on any atom is 0.228 e. The van der Waals surface area contributed by atoms with E-state index in [-0.39, 0.29) is 17.7 Å². The summed E-state index contributed by atoms with van der Waals surface area (Å²) in [6, 6.07) is 0.373. The minimum atomic E-state index is -0.159. The molecule has 0 saturated carbocycles. The monoisotopic (exact) mass is 347 g/mol. The molecule has 2 aliphatic rings. The summed E-state index contributed by atoms with van der Waals surface area (Å²) in [6.07, 6.45) is 5.39. The Morgan fingerprint density at radius 3 is 2.72 bits per heavy atom. The van der Waals surface area contributed by atoms with E-state index in [0.29, 0.717) is 19.0 Å². The van der Waals surface area contributed by atoms with Crippen LogP contribution in [0.25, 0.3) is 0 Å². The summed E-state index contributed by atoms with van der Waals surface area (Å²) >= 11 is 0. The second kappa shape index (κ2) is 7.56. The first-order valence-corrected chi connectivity index (χ1v) is 9.22. The molecule has 2 amide bonds. The molecule has 1 aromatic rings. The van der Waals surface area contributed by atoms with E-state index < -0.39 is 0 Å². The van der Waals surface area contributed by atoms with Gasteiger partial charge in [0.1, 0.15) is 0 Å². The lowest BCUT2D eigenvalue weighted by Crippen LogP contribution is -2.39. The molecule has 0 aromatic carbocycles. The third-order valence-electron chi connectivity index (χ3n) is 5.18. The van der Waals surface area contributed by atoms with Crippen molar-refractivity contribution in [2.75, 3.05) is 39.8 Å². The quantitative estimate of drug-likeness (QED) is 0.814. The molecule has 25 heavy (non-hydrogen) atoms. The van der Waals surface area contributed by atoms with Crippen molar-refractivity contribution in [1.82, 2.24) is 24.5 Å². The van der Waals surface area contributed by atoms with Crippen molar-refractivity contribution >= 4 is 11.8 Å². The average Bonchev–Trinajstić information content (AvgIpc) is 3.09. The van der Waals surface area contributed by atoms with Gasteiger partial charge in [0.05, 0.1) is 12.1 Å². The average molecular weight is 347 g/mol. The summed E-state index contributed by atoms with van der Waals surface area (Å²) in [6.45, 7) is 9.07. The van der Waals surface area contributed by atoms with E-state index in [4.69, 9.17) is 0 Å². The van der Waals surface area contributed by atoms with E-state index in [1.54, 1.807) is 11.9 Å². The third-order valence-corrected chi connectivity index (χ3v) is 5.18. The van der Waals surface area contributed by atoms with E-state index in [9.17, 15) is 9.59 Å². The van der Waals surface area contributed by atoms with Crippen LogP contribution in [0.3, 0.4) is 0 Å². The predicted octanol–water partition coefficient (Wildman–Crippen LogP) is 0.977. The normalized spacial score (nSPS) is 22.7. The van der Waals surface area contributed by atoms with Crippen molar-refractivity contribution in [2.24, 2.45) is 5.92 Å². The maximum absolute atomic E-state index is 12.7.